The second-order valence-corrected chi connectivity index (χ2v) is 6.72. The van der Waals surface area contributed by atoms with Gasteiger partial charge < -0.3 is 24.2 Å². The zero-order chi connectivity index (χ0) is 19.8. The van der Waals surface area contributed by atoms with Crippen molar-refractivity contribution < 1.29 is 24.2 Å². The third-order valence-corrected chi connectivity index (χ3v) is 4.97. The maximum atomic E-state index is 9.95. The molecule has 2 N–H and O–H groups in total. The highest BCUT2D eigenvalue weighted by Crippen LogP contribution is 2.30. The first-order chi connectivity index (χ1) is 13.7. The highest BCUT2D eigenvalue weighted by Gasteiger charge is 2.27. The van der Waals surface area contributed by atoms with Crippen molar-refractivity contribution in [3.8, 4) is 17.2 Å². The monoisotopic (exact) mass is 385 g/mol. The van der Waals surface area contributed by atoms with Gasteiger partial charge in [0.2, 0.25) is 0 Å². The van der Waals surface area contributed by atoms with Gasteiger partial charge in [-0.15, -0.1) is 0 Å². The molecule has 0 radical (unpaired) electrons. The Morgan fingerprint density at radius 1 is 1.18 bits per heavy atom. The van der Waals surface area contributed by atoms with Crippen LogP contribution < -0.4 is 14.4 Å². The van der Waals surface area contributed by atoms with E-state index in [9.17, 15) is 5.11 Å². The van der Waals surface area contributed by atoms with E-state index in [1.807, 2.05) is 31.2 Å². The molecule has 0 amide bonds. The van der Waals surface area contributed by atoms with Gasteiger partial charge in [0.15, 0.2) is 11.5 Å². The Balaban J connectivity index is 1.83. The smallest absolute Gasteiger partial charge is 0.161 e. The van der Waals surface area contributed by atoms with Gasteiger partial charge in [0.25, 0.3) is 0 Å². The number of hydrogen-bond donors (Lipinski definition) is 2. The van der Waals surface area contributed by atoms with Crippen molar-refractivity contribution in [1.29, 1.82) is 0 Å². The maximum Gasteiger partial charge on any atom is 0.161 e. The number of ether oxygens (including phenoxy) is 3. The van der Waals surface area contributed by atoms with Crippen molar-refractivity contribution in [2.75, 3.05) is 46.6 Å². The molecule has 28 heavy (non-hydrogen) atoms. The van der Waals surface area contributed by atoms with E-state index in [-0.39, 0.29) is 11.8 Å². The molecule has 0 saturated carbocycles. The number of methoxy groups -OCH3 is 1. The Labute approximate surface area is 166 Å². The van der Waals surface area contributed by atoms with Crippen LogP contribution in [0.5, 0.6) is 17.2 Å². The molecule has 1 saturated heterocycles. The van der Waals surface area contributed by atoms with Crippen molar-refractivity contribution in [3.63, 3.8) is 0 Å². The molecule has 1 fully saturated rings. The van der Waals surface area contributed by atoms with Crippen molar-refractivity contribution in [2.45, 2.75) is 13.0 Å². The second-order valence-electron chi connectivity index (χ2n) is 6.72. The number of benzene rings is 2. The van der Waals surface area contributed by atoms with Crippen molar-refractivity contribution in [1.82, 2.24) is 0 Å². The zero-order valence-corrected chi connectivity index (χ0v) is 16.6. The van der Waals surface area contributed by atoms with Crippen LogP contribution in [0.2, 0.25) is 0 Å². The molecule has 0 aromatic heterocycles. The lowest BCUT2D eigenvalue weighted by Gasteiger charge is -2.31. The fraction of sp³-hybridized carbons (Fsp3) is 0.409. The minimum atomic E-state index is 0.176. The first kappa shape index (κ1) is 20.2. The fourth-order valence-electron chi connectivity index (χ4n) is 3.48. The van der Waals surface area contributed by atoms with E-state index in [4.69, 9.17) is 14.2 Å². The van der Waals surface area contributed by atoms with E-state index in [0.717, 1.165) is 48.9 Å². The van der Waals surface area contributed by atoms with Gasteiger partial charge in [0.1, 0.15) is 24.9 Å². The minimum Gasteiger partial charge on any atom is -0.507 e. The number of phenols is 1. The average molecular weight is 385 g/mol. The number of morpholine rings is 1. The molecule has 1 heterocycles. The topological polar surface area (TPSA) is 64.7 Å². The van der Waals surface area contributed by atoms with Crippen LogP contribution in [0.4, 0.5) is 0 Å². The molecule has 1 atom stereocenters. The number of rotatable bonds is 8. The summed E-state index contributed by atoms with van der Waals surface area (Å²) in [5.74, 6) is 1.73. The number of nitrogens with zero attached hydrogens (tertiary/aromatic N) is 1. The molecule has 1 aliphatic heterocycles. The highest BCUT2D eigenvalue weighted by atomic mass is 16.5. The van der Waals surface area contributed by atoms with Crippen molar-refractivity contribution >= 4 is 6.21 Å². The van der Waals surface area contributed by atoms with Crippen molar-refractivity contribution in [2.24, 2.45) is 4.99 Å². The summed E-state index contributed by atoms with van der Waals surface area (Å²) in [6.07, 6.45) is 1.74. The number of hydrogen-bond acceptors (Lipinski definition) is 5. The minimum absolute atomic E-state index is 0.176. The lowest BCUT2D eigenvalue weighted by atomic mass is 10.0. The van der Waals surface area contributed by atoms with Gasteiger partial charge in [0.05, 0.1) is 33.5 Å². The molecule has 2 aromatic carbocycles. The Morgan fingerprint density at radius 3 is 2.68 bits per heavy atom. The fourth-order valence-corrected chi connectivity index (χ4v) is 3.48. The first-order valence-corrected chi connectivity index (χ1v) is 9.73. The van der Waals surface area contributed by atoms with Gasteiger partial charge >= 0.3 is 0 Å². The quantitative estimate of drug-likeness (QED) is 0.681. The van der Waals surface area contributed by atoms with E-state index >= 15 is 0 Å². The Kier molecular flexibility index (Phi) is 7.28. The number of phenolic OH excluding ortho intramolecular Hbond substituents is 1. The van der Waals surface area contributed by atoms with E-state index in [0.29, 0.717) is 13.2 Å². The van der Waals surface area contributed by atoms with Crippen LogP contribution in [0, 0.1) is 0 Å². The van der Waals surface area contributed by atoms with Gasteiger partial charge in [-0.25, -0.2) is 0 Å². The van der Waals surface area contributed by atoms with Gasteiger partial charge in [0, 0.05) is 17.3 Å². The van der Waals surface area contributed by atoms with E-state index < -0.39 is 0 Å². The van der Waals surface area contributed by atoms with Gasteiger partial charge in [-0.05, 0) is 37.3 Å². The number of aromatic hydroxyl groups is 1. The first-order valence-electron chi connectivity index (χ1n) is 9.73. The molecule has 3 rings (SSSR count). The van der Waals surface area contributed by atoms with Crippen molar-refractivity contribution in [3.05, 3.63) is 53.6 Å². The van der Waals surface area contributed by atoms with Crippen LogP contribution in [0.1, 0.15) is 24.1 Å². The molecule has 0 aliphatic carbocycles. The molecular formula is C22H29N2O4+. The number of aliphatic imine (C=N–C) groups is 1. The molecule has 1 aliphatic rings. The van der Waals surface area contributed by atoms with Crippen LogP contribution in [0.25, 0.3) is 0 Å². The van der Waals surface area contributed by atoms with Crippen LogP contribution in [0.15, 0.2) is 47.5 Å². The SMILES string of the molecule is CCOc1ccc([C@H](CN=Cc2ccccc2O)[NH+]2CCOCC2)cc1OC. The maximum absolute atomic E-state index is 9.95. The van der Waals surface area contributed by atoms with Gasteiger partial charge in [-0.2, -0.15) is 0 Å². The molecular weight excluding hydrogens is 356 g/mol. The molecule has 150 valence electrons. The number of quaternary nitrogens is 1. The lowest BCUT2D eigenvalue weighted by molar-refractivity contribution is -0.937. The van der Waals surface area contributed by atoms with E-state index in [2.05, 4.69) is 11.1 Å². The summed E-state index contributed by atoms with van der Waals surface area (Å²) in [5.41, 5.74) is 1.88. The Morgan fingerprint density at radius 2 is 1.96 bits per heavy atom. The van der Waals surface area contributed by atoms with Crippen LogP contribution in [-0.4, -0.2) is 57.9 Å². The summed E-state index contributed by atoms with van der Waals surface area (Å²) in [5, 5.41) is 9.95. The Hall–Kier alpha value is -2.57. The highest BCUT2D eigenvalue weighted by molar-refractivity contribution is 5.83. The predicted molar refractivity (Wildman–Crippen MR) is 109 cm³/mol. The van der Waals surface area contributed by atoms with Crippen LogP contribution in [0.3, 0.4) is 0 Å². The van der Waals surface area contributed by atoms with Gasteiger partial charge in [-0.3, -0.25) is 4.99 Å². The number of para-hydroxylation sites is 1. The van der Waals surface area contributed by atoms with Gasteiger partial charge in [-0.1, -0.05) is 12.1 Å². The normalized spacial score (nSPS) is 16.2. The lowest BCUT2D eigenvalue weighted by Crippen LogP contribution is -3.14. The number of nitrogens with one attached hydrogen (secondary N) is 1. The summed E-state index contributed by atoms with van der Waals surface area (Å²) in [6.45, 7) is 6.55. The summed E-state index contributed by atoms with van der Waals surface area (Å²) in [7, 11) is 1.66. The summed E-state index contributed by atoms with van der Waals surface area (Å²) < 4.78 is 16.7. The zero-order valence-electron chi connectivity index (χ0n) is 16.6. The summed E-state index contributed by atoms with van der Waals surface area (Å²) >= 11 is 0. The van der Waals surface area contributed by atoms with E-state index in [1.54, 1.807) is 25.5 Å². The van der Waals surface area contributed by atoms with E-state index in [1.165, 1.54) is 4.90 Å². The molecule has 6 heteroatoms. The standard InChI is InChI=1S/C22H28N2O4/c1-3-28-21-9-8-17(14-22(21)26-2)19(24-10-12-27-13-11-24)16-23-15-18-6-4-5-7-20(18)25/h4-9,14-15,19,25H,3,10-13,16H2,1-2H3/p+1/t19-/m0/s1. The molecule has 0 unspecified atom stereocenters. The third-order valence-electron chi connectivity index (χ3n) is 4.97. The predicted octanol–water partition coefficient (Wildman–Crippen LogP) is 1.87. The Bertz CT molecular complexity index is 788. The molecule has 2 aromatic rings. The molecule has 0 bridgehead atoms. The summed E-state index contributed by atoms with van der Waals surface area (Å²) in [4.78, 5) is 6.09. The second kappa shape index (κ2) is 10.1. The van der Waals surface area contributed by atoms with Crippen LogP contribution >= 0.6 is 0 Å². The largest absolute Gasteiger partial charge is 0.507 e. The third kappa shape index (κ3) is 5.03. The molecule has 6 nitrogen and oxygen atoms in total. The van der Waals surface area contributed by atoms with Crippen LogP contribution in [-0.2, 0) is 4.74 Å². The average Bonchev–Trinajstić information content (AvgIpc) is 2.74. The summed E-state index contributed by atoms with van der Waals surface area (Å²) in [6, 6.07) is 13.5. The molecule has 0 spiro atoms.